The summed E-state index contributed by atoms with van der Waals surface area (Å²) in [6.07, 6.45) is 0. The molecule has 0 fully saturated rings. The van der Waals surface area contributed by atoms with Crippen molar-refractivity contribution in [1.82, 2.24) is 0 Å². The Labute approximate surface area is 223 Å². The number of rotatable bonds is 10. The van der Waals surface area contributed by atoms with Crippen molar-refractivity contribution in [1.29, 1.82) is 0 Å². The zero-order chi connectivity index (χ0) is 27.3. The summed E-state index contributed by atoms with van der Waals surface area (Å²) in [4.78, 5) is 12.9. The molecule has 37 heavy (non-hydrogen) atoms. The number of methoxy groups -OCH3 is 4. The lowest BCUT2D eigenvalue weighted by atomic mass is 10.2. The van der Waals surface area contributed by atoms with Gasteiger partial charge < -0.3 is 24.3 Å². The van der Waals surface area contributed by atoms with Gasteiger partial charge in [-0.25, -0.2) is 12.8 Å². The molecule has 198 valence electrons. The zero-order valence-corrected chi connectivity index (χ0v) is 22.5. The molecule has 1 N–H and O–H groups in total. The van der Waals surface area contributed by atoms with Gasteiger partial charge in [-0.2, -0.15) is 0 Å². The number of carbonyl (C=O) groups is 1. The molecule has 0 unspecified atom stereocenters. The summed E-state index contributed by atoms with van der Waals surface area (Å²) in [5, 5.41) is 2.52. The number of ether oxygens (including phenoxy) is 4. The standard InChI is InChI=1S/C24H23Cl2FN2O7S/c1-33-20-8-6-15(10-23(20)36-4)37(31,32)29(14-5-7-18(27)16(25)9-14)13-24(30)28-19-12-21(34-2)17(26)11-22(19)35-3/h5-12H,13H2,1-4H3,(H,28,30). The van der Waals surface area contributed by atoms with Crippen molar-refractivity contribution < 1.29 is 36.6 Å². The van der Waals surface area contributed by atoms with E-state index in [9.17, 15) is 17.6 Å². The molecule has 0 heterocycles. The largest absolute Gasteiger partial charge is 0.495 e. The van der Waals surface area contributed by atoms with Gasteiger partial charge in [-0.3, -0.25) is 9.10 Å². The first-order valence-electron chi connectivity index (χ1n) is 10.5. The molecule has 9 nitrogen and oxygen atoms in total. The van der Waals surface area contributed by atoms with Gasteiger partial charge in [-0.05, 0) is 30.3 Å². The smallest absolute Gasteiger partial charge is 0.264 e. The zero-order valence-electron chi connectivity index (χ0n) is 20.2. The van der Waals surface area contributed by atoms with Crippen LogP contribution in [-0.2, 0) is 14.8 Å². The van der Waals surface area contributed by atoms with Crippen molar-refractivity contribution in [3.8, 4) is 23.0 Å². The van der Waals surface area contributed by atoms with Crippen LogP contribution in [0, 0.1) is 5.82 Å². The Morgan fingerprint density at radius 2 is 1.49 bits per heavy atom. The molecule has 3 aromatic carbocycles. The van der Waals surface area contributed by atoms with Crippen molar-refractivity contribution in [2.75, 3.05) is 44.6 Å². The first-order valence-corrected chi connectivity index (χ1v) is 12.7. The number of carbonyl (C=O) groups excluding carboxylic acids is 1. The van der Waals surface area contributed by atoms with Crippen LogP contribution in [-0.4, -0.2) is 49.3 Å². The number of anilines is 2. The van der Waals surface area contributed by atoms with Crippen LogP contribution in [0.5, 0.6) is 23.0 Å². The number of hydrogen-bond acceptors (Lipinski definition) is 7. The number of nitrogens with one attached hydrogen (secondary N) is 1. The first kappa shape index (κ1) is 28.2. The van der Waals surface area contributed by atoms with Crippen molar-refractivity contribution in [2.24, 2.45) is 0 Å². The molecular weight excluding hydrogens is 550 g/mol. The molecular formula is C24H23Cl2FN2O7S. The van der Waals surface area contributed by atoms with E-state index in [4.69, 9.17) is 42.1 Å². The molecule has 13 heteroatoms. The fourth-order valence-electron chi connectivity index (χ4n) is 3.34. The molecule has 0 saturated carbocycles. The topological polar surface area (TPSA) is 103 Å². The molecule has 0 spiro atoms. The third-order valence-electron chi connectivity index (χ3n) is 5.17. The van der Waals surface area contributed by atoms with E-state index in [1.165, 1.54) is 64.8 Å². The van der Waals surface area contributed by atoms with Crippen LogP contribution in [0.3, 0.4) is 0 Å². The number of nitrogens with zero attached hydrogens (tertiary/aromatic N) is 1. The molecule has 0 bridgehead atoms. The predicted octanol–water partition coefficient (Wildman–Crippen LogP) is 5.00. The number of hydrogen-bond donors (Lipinski definition) is 1. The SMILES string of the molecule is COc1cc(NC(=O)CN(c2ccc(F)c(Cl)c2)S(=O)(=O)c2ccc(OC)c(OC)c2)c(OC)cc1Cl. The molecule has 1 amide bonds. The molecule has 0 aromatic heterocycles. The van der Waals surface area contributed by atoms with Crippen LogP contribution in [0.25, 0.3) is 0 Å². The Morgan fingerprint density at radius 1 is 0.838 bits per heavy atom. The second-order valence-corrected chi connectivity index (χ2v) is 10.0. The highest BCUT2D eigenvalue weighted by Crippen LogP contribution is 2.36. The monoisotopic (exact) mass is 572 g/mol. The predicted molar refractivity (Wildman–Crippen MR) is 139 cm³/mol. The second-order valence-electron chi connectivity index (χ2n) is 7.36. The summed E-state index contributed by atoms with van der Waals surface area (Å²) >= 11 is 12.0. The highest BCUT2D eigenvalue weighted by molar-refractivity contribution is 7.92. The molecule has 0 aliphatic rings. The third-order valence-corrected chi connectivity index (χ3v) is 7.52. The van der Waals surface area contributed by atoms with Crippen LogP contribution in [0.15, 0.2) is 53.4 Å². The van der Waals surface area contributed by atoms with E-state index in [0.717, 1.165) is 16.4 Å². The summed E-state index contributed by atoms with van der Waals surface area (Å²) in [5.41, 5.74) is 0.145. The van der Waals surface area contributed by atoms with Gasteiger partial charge in [0.2, 0.25) is 5.91 Å². The Balaban J connectivity index is 2.04. The molecule has 0 atom stereocenters. The van der Waals surface area contributed by atoms with Gasteiger partial charge in [-0.15, -0.1) is 0 Å². The van der Waals surface area contributed by atoms with Crippen LogP contribution in [0.4, 0.5) is 15.8 Å². The quantitative estimate of drug-likeness (QED) is 0.364. The van der Waals surface area contributed by atoms with E-state index in [1.807, 2.05) is 0 Å². The van der Waals surface area contributed by atoms with Crippen LogP contribution in [0.2, 0.25) is 10.0 Å². The fraction of sp³-hybridized carbons (Fsp3) is 0.208. The maximum absolute atomic E-state index is 13.9. The van der Waals surface area contributed by atoms with E-state index in [-0.39, 0.29) is 43.6 Å². The average molecular weight is 573 g/mol. The van der Waals surface area contributed by atoms with Crippen molar-refractivity contribution in [3.63, 3.8) is 0 Å². The summed E-state index contributed by atoms with van der Waals surface area (Å²) in [6, 6.07) is 10.1. The Hall–Kier alpha value is -3.41. The van der Waals surface area contributed by atoms with Crippen LogP contribution < -0.4 is 28.6 Å². The molecule has 0 radical (unpaired) electrons. The first-order chi connectivity index (χ1) is 17.5. The van der Waals surface area contributed by atoms with E-state index in [0.29, 0.717) is 5.75 Å². The minimum atomic E-state index is -4.39. The minimum Gasteiger partial charge on any atom is -0.495 e. The van der Waals surface area contributed by atoms with E-state index in [1.54, 1.807) is 0 Å². The van der Waals surface area contributed by atoms with Gasteiger partial charge in [0.25, 0.3) is 10.0 Å². The van der Waals surface area contributed by atoms with Crippen molar-refractivity contribution in [2.45, 2.75) is 4.90 Å². The summed E-state index contributed by atoms with van der Waals surface area (Å²) in [7, 11) is 1.15. The Bertz CT molecular complexity index is 1420. The highest BCUT2D eigenvalue weighted by Gasteiger charge is 2.29. The van der Waals surface area contributed by atoms with Gasteiger partial charge in [0.05, 0.1) is 54.8 Å². The number of amides is 1. The molecule has 3 rings (SSSR count). The normalized spacial score (nSPS) is 11.0. The molecule has 0 aliphatic heterocycles. The summed E-state index contributed by atoms with van der Waals surface area (Å²) in [5.74, 6) is -0.554. The summed E-state index contributed by atoms with van der Waals surface area (Å²) < 4.78 is 62.9. The van der Waals surface area contributed by atoms with Gasteiger partial charge in [-0.1, -0.05) is 23.2 Å². The van der Waals surface area contributed by atoms with Gasteiger partial charge >= 0.3 is 0 Å². The highest BCUT2D eigenvalue weighted by atomic mass is 35.5. The van der Waals surface area contributed by atoms with Crippen molar-refractivity contribution in [3.05, 3.63) is 64.4 Å². The van der Waals surface area contributed by atoms with Gasteiger partial charge in [0, 0.05) is 18.2 Å². The second kappa shape index (κ2) is 11.8. The minimum absolute atomic E-state index is 0.0445. The van der Waals surface area contributed by atoms with Crippen molar-refractivity contribution >= 4 is 50.5 Å². The van der Waals surface area contributed by atoms with Crippen LogP contribution in [0.1, 0.15) is 0 Å². The number of benzene rings is 3. The summed E-state index contributed by atoms with van der Waals surface area (Å²) in [6.45, 7) is -0.702. The van der Waals surface area contributed by atoms with Crippen LogP contribution >= 0.6 is 23.2 Å². The molecule has 3 aromatic rings. The maximum Gasteiger partial charge on any atom is 0.264 e. The number of halogens is 3. The number of sulfonamides is 1. The lowest BCUT2D eigenvalue weighted by Gasteiger charge is -2.25. The van der Waals surface area contributed by atoms with Gasteiger partial charge in [0.1, 0.15) is 23.9 Å². The Kier molecular flexibility index (Phi) is 8.95. The molecule has 0 saturated heterocycles. The molecule has 0 aliphatic carbocycles. The van der Waals surface area contributed by atoms with E-state index < -0.39 is 28.3 Å². The maximum atomic E-state index is 13.9. The fourth-order valence-corrected chi connectivity index (χ4v) is 5.17. The van der Waals surface area contributed by atoms with E-state index >= 15 is 0 Å². The third kappa shape index (κ3) is 6.12. The average Bonchev–Trinajstić information content (AvgIpc) is 2.89. The lowest BCUT2D eigenvalue weighted by molar-refractivity contribution is -0.114. The van der Waals surface area contributed by atoms with E-state index in [2.05, 4.69) is 5.32 Å². The van der Waals surface area contributed by atoms with Gasteiger partial charge in [0.15, 0.2) is 11.5 Å². The lowest BCUT2D eigenvalue weighted by Crippen LogP contribution is -2.38. The Morgan fingerprint density at radius 3 is 2.08 bits per heavy atom.